The molecule has 1 heterocycles. The van der Waals surface area contributed by atoms with Crippen molar-refractivity contribution in [1.82, 2.24) is 10.5 Å². The summed E-state index contributed by atoms with van der Waals surface area (Å²) in [5.41, 5.74) is 3.89. The summed E-state index contributed by atoms with van der Waals surface area (Å²) >= 11 is 1.54. The highest BCUT2D eigenvalue weighted by molar-refractivity contribution is 7.98. The number of aromatic nitrogens is 1. The van der Waals surface area contributed by atoms with Gasteiger partial charge in [0, 0.05) is 22.8 Å². The van der Waals surface area contributed by atoms with E-state index in [1.54, 1.807) is 30.3 Å². The van der Waals surface area contributed by atoms with E-state index in [1.165, 1.54) is 11.8 Å². The molecule has 0 bridgehead atoms. The van der Waals surface area contributed by atoms with Crippen molar-refractivity contribution in [3.8, 4) is 0 Å². The fourth-order valence-corrected chi connectivity index (χ4v) is 4.16. The standard InChI is InChI=1S/C23H23F3N2O3S/c1-15-20(16(2)31-28-15)13-32-21-6-4-3-5-19(21)22(29)27-11-17-7-9-18(10-8-17)12-30-14-23(24,25)26/h3-10H,11-14H2,1-2H3,(H,27,29). The Morgan fingerprint density at radius 1 is 1.09 bits per heavy atom. The Bertz CT molecular complexity index is 1030. The van der Waals surface area contributed by atoms with Gasteiger partial charge in [0.25, 0.3) is 5.91 Å². The van der Waals surface area contributed by atoms with Crippen LogP contribution in [0.25, 0.3) is 0 Å². The summed E-state index contributed by atoms with van der Waals surface area (Å²) < 4.78 is 46.3. The fourth-order valence-electron chi connectivity index (χ4n) is 2.95. The third kappa shape index (κ3) is 6.86. The lowest BCUT2D eigenvalue weighted by Gasteiger charge is -2.11. The van der Waals surface area contributed by atoms with E-state index in [1.807, 2.05) is 32.0 Å². The van der Waals surface area contributed by atoms with Crippen molar-refractivity contribution in [2.45, 2.75) is 43.8 Å². The number of ether oxygens (including phenoxy) is 1. The summed E-state index contributed by atoms with van der Waals surface area (Å²) in [6.07, 6.45) is -4.34. The van der Waals surface area contributed by atoms with Gasteiger partial charge in [0.2, 0.25) is 0 Å². The van der Waals surface area contributed by atoms with Gasteiger partial charge < -0.3 is 14.6 Å². The lowest BCUT2D eigenvalue weighted by atomic mass is 10.1. The fraction of sp³-hybridized carbons (Fsp3) is 0.304. The average molecular weight is 465 g/mol. The molecule has 0 aliphatic carbocycles. The third-order valence-corrected chi connectivity index (χ3v) is 5.80. The summed E-state index contributed by atoms with van der Waals surface area (Å²) in [5.74, 6) is 1.21. The summed E-state index contributed by atoms with van der Waals surface area (Å²) in [6.45, 7) is 2.65. The average Bonchev–Trinajstić information content (AvgIpc) is 3.08. The van der Waals surface area contributed by atoms with Crippen molar-refractivity contribution < 1.29 is 27.2 Å². The number of hydrogen-bond donors (Lipinski definition) is 1. The van der Waals surface area contributed by atoms with E-state index in [0.29, 0.717) is 23.4 Å². The minimum Gasteiger partial charge on any atom is -0.367 e. The van der Waals surface area contributed by atoms with Crippen LogP contribution in [-0.2, 0) is 23.6 Å². The van der Waals surface area contributed by atoms with E-state index in [4.69, 9.17) is 4.52 Å². The number of amides is 1. The zero-order valence-corrected chi connectivity index (χ0v) is 18.5. The quantitative estimate of drug-likeness (QED) is 0.418. The highest BCUT2D eigenvalue weighted by Crippen LogP contribution is 2.28. The first-order valence-corrected chi connectivity index (χ1v) is 10.9. The Morgan fingerprint density at radius 2 is 1.78 bits per heavy atom. The molecule has 2 aromatic carbocycles. The summed E-state index contributed by atoms with van der Waals surface area (Å²) in [6, 6.07) is 14.2. The van der Waals surface area contributed by atoms with Crippen molar-refractivity contribution in [1.29, 1.82) is 0 Å². The molecule has 0 aliphatic heterocycles. The molecular formula is C23H23F3N2O3S. The van der Waals surface area contributed by atoms with E-state index < -0.39 is 12.8 Å². The Balaban J connectivity index is 1.55. The van der Waals surface area contributed by atoms with E-state index in [-0.39, 0.29) is 12.5 Å². The second-order valence-corrected chi connectivity index (χ2v) is 8.21. The van der Waals surface area contributed by atoms with Crippen LogP contribution in [0.15, 0.2) is 57.9 Å². The van der Waals surface area contributed by atoms with Gasteiger partial charge in [-0.3, -0.25) is 4.79 Å². The maximum atomic E-state index is 12.8. The number of halogens is 3. The molecular weight excluding hydrogens is 441 g/mol. The number of nitrogens with one attached hydrogen (secondary N) is 1. The van der Waals surface area contributed by atoms with E-state index in [0.717, 1.165) is 27.5 Å². The zero-order chi connectivity index (χ0) is 23.1. The normalized spacial score (nSPS) is 11.5. The predicted molar refractivity (Wildman–Crippen MR) is 115 cm³/mol. The van der Waals surface area contributed by atoms with Gasteiger partial charge in [0.15, 0.2) is 0 Å². The van der Waals surface area contributed by atoms with Crippen LogP contribution in [0.5, 0.6) is 0 Å². The first-order chi connectivity index (χ1) is 15.2. The minimum absolute atomic E-state index is 0.123. The van der Waals surface area contributed by atoms with Crippen molar-refractivity contribution in [2.24, 2.45) is 0 Å². The Labute approximate surface area is 188 Å². The summed E-state index contributed by atoms with van der Waals surface area (Å²) in [7, 11) is 0. The molecule has 0 saturated carbocycles. The van der Waals surface area contributed by atoms with Crippen LogP contribution < -0.4 is 5.32 Å². The number of thioether (sulfide) groups is 1. The number of carbonyl (C=O) groups is 1. The number of benzene rings is 2. The number of carbonyl (C=O) groups excluding carboxylic acids is 1. The zero-order valence-electron chi connectivity index (χ0n) is 17.7. The van der Waals surface area contributed by atoms with Crippen LogP contribution in [-0.4, -0.2) is 23.8 Å². The van der Waals surface area contributed by atoms with Gasteiger partial charge in [-0.05, 0) is 37.1 Å². The lowest BCUT2D eigenvalue weighted by molar-refractivity contribution is -0.176. The van der Waals surface area contributed by atoms with Crippen LogP contribution in [0.1, 0.15) is 38.5 Å². The van der Waals surface area contributed by atoms with Crippen LogP contribution in [0.3, 0.4) is 0 Å². The molecule has 3 aromatic rings. The van der Waals surface area contributed by atoms with Crippen molar-refractivity contribution in [3.05, 3.63) is 82.2 Å². The maximum absolute atomic E-state index is 12.8. The van der Waals surface area contributed by atoms with Gasteiger partial charge in [-0.1, -0.05) is 41.6 Å². The van der Waals surface area contributed by atoms with Gasteiger partial charge in [0.05, 0.1) is 17.9 Å². The molecule has 0 spiro atoms. The van der Waals surface area contributed by atoms with Gasteiger partial charge >= 0.3 is 6.18 Å². The molecule has 0 atom stereocenters. The van der Waals surface area contributed by atoms with Gasteiger partial charge in [-0.25, -0.2) is 0 Å². The lowest BCUT2D eigenvalue weighted by Crippen LogP contribution is -2.23. The first-order valence-electron chi connectivity index (χ1n) is 9.87. The monoisotopic (exact) mass is 464 g/mol. The van der Waals surface area contributed by atoms with E-state index in [9.17, 15) is 18.0 Å². The minimum atomic E-state index is -4.34. The molecule has 1 N–H and O–H groups in total. The van der Waals surface area contributed by atoms with Crippen molar-refractivity contribution in [3.63, 3.8) is 0 Å². The van der Waals surface area contributed by atoms with Crippen LogP contribution in [0.4, 0.5) is 13.2 Å². The smallest absolute Gasteiger partial charge is 0.367 e. The number of hydrogen-bond acceptors (Lipinski definition) is 5. The predicted octanol–water partition coefficient (Wildman–Crippen LogP) is 5.59. The molecule has 3 rings (SSSR count). The molecule has 0 unspecified atom stereocenters. The van der Waals surface area contributed by atoms with Crippen molar-refractivity contribution >= 4 is 17.7 Å². The Hall–Kier alpha value is -2.78. The molecule has 170 valence electrons. The first kappa shape index (κ1) is 23.9. The SMILES string of the molecule is Cc1noc(C)c1CSc1ccccc1C(=O)NCc1ccc(COCC(F)(F)F)cc1. The van der Waals surface area contributed by atoms with E-state index in [2.05, 4.69) is 15.2 Å². The maximum Gasteiger partial charge on any atom is 0.411 e. The highest BCUT2D eigenvalue weighted by atomic mass is 32.2. The Kier molecular flexibility index (Phi) is 7.98. The summed E-state index contributed by atoms with van der Waals surface area (Å²) in [4.78, 5) is 13.6. The molecule has 0 saturated heterocycles. The molecule has 5 nitrogen and oxygen atoms in total. The largest absolute Gasteiger partial charge is 0.411 e. The molecule has 0 radical (unpaired) electrons. The molecule has 1 aromatic heterocycles. The van der Waals surface area contributed by atoms with Gasteiger partial charge in [-0.15, -0.1) is 11.8 Å². The summed E-state index contributed by atoms with van der Waals surface area (Å²) in [5, 5.41) is 6.85. The second-order valence-electron chi connectivity index (χ2n) is 7.19. The van der Waals surface area contributed by atoms with E-state index >= 15 is 0 Å². The second kappa shape index (κ2) is 10.7. The molecule has 32 heavy (non-hydrogen) atoms. The third-order valence-electron chi connectivity index (χ3n) is 4.70. The number of alkyl halides is 3. The topological polar surface area (TPSA) is 64.4 Å². The van der Waals surface area contributed by atoms with Crippen molar-refractivity contribution in [2.75, 3.05) is 6.61 Å². The number of nitrogens with zero attached hydrogens (tertiary/aromatic N) is 1. The molecule has 9 heteroatoms. The highest BCUT2D eigenvalue weighted by Gasteiger charge is 2.27. The van der Waals surface area contributed by atoms with Crippen LogP contribution in [0, 0.1) is 13.8 Å². The van der Waals surface area contributed by atoms with Crippen LogP contribution in [0.2, 0.25) is 0 Å². The number of aryl methyl sites for hydroxylation is 2. The molecule has 0 aliphatic rings. The molecule has 1 amide bonds. The van der Waals surface area contributed by atoms with Gasteiger partial charge in [-0.2, -0.15) is 13.2 Å². The van der Waals surface area contributed by atoms with Gasteiger partial charge in [0.1, 0.15) is 12.4 Å². The Morgan fingerprint density at radius 3 is 2.44 bits per heavy atom. The van der Waals surface area contributed by atoms with Crippen LogP contribution >= 0.6 is 11.8 Å². The molecule has 0 fully saturated rings. The number of rotatable bonds is 9.